The van der Waals surface area contributed by atoms with E-state index >= 15 is 0 Å². The molecule has 2 aromatic carbocycles. The fourth-order valence-electron chi connectivity index (χ4n) is 4.59. The molecular formula is C24H28F3N3O5S. The number of hydrogen-bond donors (Lipinski definition) is 4. The van der Waals surface area contributed by atoms with Crippen LogP contribution in [0.15, 0.2) is 47.4 Å². The van der Waals surface area contributed by atoms with Crippen LogP contribution in [0.4, 0.5) is 18.9 Å². The lowest BCUT2D eigenvalue weighted by Gasteiger charge is -2.37. The first-order valence-corrected chi connectivity index (χ1v) is 13.1. The molecule has 2 atom stereocenters. The molecule has 2 aliphatic rings. The number of fused-ring (bicyclic) bond motifs is 1. The number of alkyl halides is 3. The Bertz CT molecular complexity index is 1160. The summed E-state index contributed by atoms with van der Waals surface area (Å²) in [7, 11) is -1.74. The van der Waals surface area contributed by atoms with Gasteiger partial charge in [0.2, 0.25) is 11.8 Å². The average molecular weight is 528 g/mol. The Kier molecular flexibility index (Phi) is 7.35. The molecule has 4 rings (SSSR count). The van der Waals surface area contributed by atoms with Gasteiger partial charge in [0.1, 0.15) is 5.75 Å². The van der Waals surface area contributed by atoms with Crippen molar-refractivity contribution in [2.75, 3.05) is 37.8 Å². The summed E-state index contributed by atoms with van der Waals surface area (Å²) in [4.78, 5) is 28.6. The number of likely N-dealkylation sites (tertiary alicyclic amines) is 1. The van der Waals surface area contributed by atoms with E-state index in [1.54, 1.807) is 12.1 Å². The van der Waals surface area contributed by atoms with E-state index in [4.69, 9.17) is 0 Å². The lowest BCUT2D eigenvalue weighted by Crippen LogP contribution is -2.39. The number of β-amino-alcohol motifs (C(OH)–C–C–N with tert-alkyl or cyclic N) is 1. The molecule has 4 N–H and O–H groups in total. The molecule has 2 aromatic rings. The van der Waals surface area contributed by atoms with Gasteiger partial charge in [-0.15, -0.1) is 0 Å². The molecule has 196 valence electrons. The second kappa shape index (κ2) is 10.0. The van der Waals surface area contributed by atoms with E-state index in [0.717, 1.165) is 12.1 Å². The van der Waals surface area contributed by atoms with Crippen molar-refractivity contribution in [2.45, 2.75) is 36.1 Å². The lowest BCUT2D eigenvalue weighted by atomic mass is 10.0. The predicted octanol–water partition coefficient (Wildman–Crippen LogP) is 3.58. The Balaban J connectivity index is 1.58. The Morgan fingerprint density at radius 2 is 2.00 bits per heavy atom. The molecule has 12 heteroatoms. The third kappa shape index (κ3) is 5.84. The number of aliphatic hydroxyl groups excluding tert-OH is 1. The normalized spacial score (nSPS) is 21.4. The summed E-state index contributed by atoms with van der Waals surface area (Å²) < 4.78 is 60.5. The standard InChI is InChI=1S/C24H28F3N3O5S/c1-29(23(33)10-15-5-6-21-19(9-15)28-22(32)14-36(21,34)35)20(13-30-8-7-18(31)12-30)16-3-2-4-17(11-16)24(25,26)27/h2-6,9,11,18,20,31,34-35H,7-8,10,12-14H2,1H3,(H,28,32)/t18?,20-/m1/s1. The maximum Gasteiger partial charge on any atom is 0.416 e. The number of rotatable bonds is 6. The molecule has 2 heterocycles. The number of anilines is 1. The zero-order chi connectivity index (χ0) is 26.3. The van der Waals surface area contributed by atoms with Gasteiger partial charge in [-0.3, -0.25) is 23.6 Å². The third-order valence-corrected chi connectivity index (χ3v) is 8.22. The zero-order valence-electron chi connectivity index (χ0n) is 19.5. The number of nitrogens with zero attached hydrogens (tertiary/aromatic N) is 2. The van der Waals surface area contributed by atoms with Crippen LogP contribution in [-0.2, 0) is 22.2 Å². The summed E-state index contributed by atoms with van der Waals surface area (Å²) in [6, 6.07) is 8.71. The summed E-state index contributed by atoms with van der Waals surface area (Å²) >= 11 is 0. The highest BCUT2D eigenvalue weighted by atomic mass is 32.3. The molecule has 1 saturated heterocycles. The predicted molar refractivity (Wildman–Crippen MR) is 129 cm³/mol. The molecule has 0 bridgehead atoms. The molecule has 1 fully saturated rings. The summed E-state index contributed by atoms with van der Waals surface area (Å²) in [5.41, 5.74) is 0.243. The quantitative estimate of drug-likeness (QED) is 0.457. The number of amides is 2. The van der Waals surface area contributed by atoms with Gasteiger partial charge in [-0.2, -0.15) is 23.8 Å². The van der Waals surface area contributed by atoms with Gasteiger partial charge < -0.3 is 15.3 Å². The number of halogens is 3. The van der Waals surface area contributed by atoms with Crippen LogP contribution in [0.3, 0.4) is 0 Å². The van der Waals surface area contributed by atoms with Gasteiger partial charge in [0.05, 0.1) is 34.7 Å². The second-order valence-corrected chi connectivity index (χ2v) is 11.3. The molecule has 36 heavy (non-hydrogen) atoms. The number of nitrogens with one attached hydrogen (secondary N) is 1. The first kappa shape index (κ1) is 26.4. The SMILES string of the molecule is CN(C(=O)Cc1ccc2c(c1)NC(=O)CS2(O)O)[C@H](CN1CCC(O)C1)c1cccc(C(F)(F)F)c1. The van der Waals surface area contributed by atoms with Crippen molar-refractivity contribution < 1.29 is 37.0 Å². The molecule has 2 amide bonds. The van der Waals surface area contributed by atoms with Crippen LogP contribution in [0.1, 0.15) is 29.2 Å². The van der Waals surface area contributed by atoms with E-state index in [0.29, 0.717) is 30.6 Å². The Morgan fingerprint density at radius 1 is 1.25 bits per heavy atom. The van der Waals surface area contributed by atoms with E-state index in [2.05, 4.69) is 5.32 Å². The maximum absolute atomic E-state index is 13.4. The van der Waals surface area contributed by atoms with Gasteiger partial charge in [0.25, 0.3) is 0 Å². The molecule has 0 saturated carbocycles. The van der Waals surface area contributed by atoms with E-state index in [-0.39, 0.29) is 29.5 Å². The van der Waals surface area contributed by atoms with Gasteiger partial charge in [0.15, 0.2) is 0 Å². The van der Waals surface area contributed by atoms with E-state index in [1.807, 2.05) is 4.90 Å². The number of aliphatic hydroxyl groups is 1. The minimum Gasteiger partial charge on any atom is -0.392 e. The van der Waals surface area contributed by atoms with Crippen LogP contribution in [0.2, 0.25) is 0 Å². The van der Waals surface area contributed by atoms with Crippen LogP contribution >= 0.6 is 10.6 Å². The minimum absolute atomic E-state index is 0.114. The average Bonchev–Trinajstić information content (AvgIpc) is 3.20. The van der Waals surface area contributed by atoms with Gasteiger partial charge in [-0.05, 0) is 41.8 Å². The van der Waals surface area contributed by atoms with Crippen molar-refractivity contribution >= 4 is 28.1 Å². The number of hydrogen-bond acceptors (Lipinski definition) is 6. The second-order valence-electron chi connectivity index (χ2n) is 9.21. The van der Waals surface area contributed by atoms with E-state index in [9.17, 15) is 37.0 Å². The molecule has 1 unspecified atom stereocenters. The topological polar surface area (TPSA) is 113 Å². The fraction of sp³-hybridized carbons (Fsp3) is 0.417. The third-order valence-electron chi connectivity index (χ3n) is 6.50. The van der Waals surface area contributed by atoms with E-state index < -0.39 is 46.1 Å². The molecule has 0 aliphatic carbocycles. The van der Waals surface area contributed by atoms with Crippen molar-refractivity contribution in [1.29, 1.82) is 0 Å². The van der Waals surface area contributed by atoms with Gasteiger partial charge >= 0.3 is 6.18 Å². The van der Waals surface area contributed by atoms with Crippen LogP contribution in [0.5, 0.6) is 0 Å². The summed E-state index contributed by atoms with van der Waals surface area (Å²) in [6.07, 6.45) is -4.62. The Hall–Kier alpha value is -2.64. The van der Waals surface area contributed by atoms with Crippen LogP contribution in [0.25, 0.3) is 0 Å². The van der Waals surface area contributed by atoms with Gasteiger partial charge in [0, 0.05) is 26.7 Å². The molecule has 2 aliphatic heterocycles. The zero-order valence-corrected chi connectivity index (χ0v) is 20.3. The van der Waals surface area contributed by atoms with Crippen LogP contribution in [-0.4, -0.2) is 74.4 Å². The van der Waals surface area contributed by atoms with Gasteiger partial charge in [-0.1, -0.05) is 18.2 Å². The molecule has 0 spiro atoms. The highest BCUT2D eigenvalue weighted by Crippen LogP contribution is 2.53. The number of likely N-dealkylation sites (N-methyl/N-ethyl adjacent to an activating group) is 1. The monoisotopic (exact) mass is 527 g/mol. The maximum atomic E-state index is 13.4. The first-order valence-electron chi connectivity index (χ1n) is 11.4. The highest BCUT2D eigenvalue weighted by molar-refractivity contribution is 8.25. The summed E-state index contributed by atoms with van der Waals surface area (Å²) in [6.45, 7) is 1.19. The van der Waals surface area contributed by atoms with Gasteiger partial charge in [-0.25, -0.2) is 0 Å². The van der Waals surface area contributed by atoms with Crippen molar-refractivity contribution in [1.82, 2.24) is 9.80 Å². The summed E-state index contributed by atoms with van der Waals surface area (Å²) in [5, 5.41) is 12.5. The molecular weight excluding hydrogens is 499 g/mol. The number of carbonyl (C=O) groups is 2. The summed E-state index contributed by atoms with van der Waals surface area (Å²) in [5.74, 6) is -1.34. The van der Waals surface area contributed by atoms with Crippen LogP contribution < -0.4 is 5.32 Å². The number of benzene rings is 2. The van der Waals surface area contributed by atoms with Crippen molar-refractivity contribution in [2.24, 2.45) is 0 Å². The molecule has 0 radical (unpaired) electrons. The minimum atomic E-state index is -4.53. The largest absolute Gasteiger partial charge is 0.416 e. The molecule has 0 aromatic heterocycles. The van der Waals surface area contributed by atoms with Crippen LogP contribution in [0, 0.1) is 0 Å². The fourth-order valence-corrected chi connectivity index (χ4v) is 5.93. The van der Waals surface area contributed by atoms with Crippen molar-refractivity contribution in [3.8, 4) is 0 Å². The lowest BCUT2D eigenvalue weighted by molar-refractivity contribution is -0.137. The van der Waals surface area contributed by atoms with E-state index in [1.165, 1.54) is 30.1 Å². The smallest absolute Gasteiger partial charge is 0.392 e. The highest BCUT2D eigenvalue weighted by Gasteiger charge is 2.34. The first-order chi connectivity index (χ1) is 16.8. The van der Waals surface area contributed by atoms with Crippen molar-refractivity contribution in [3.63, 3.8) is 0 Å². The Morgan fingerprint density at radius 3 is 2.67 bits per heavy atom. The Labute approximate surface area is 208 Å². The number of carbonyl (C=O) groups excluding carboxylic acids is 2. The molecule has 8 nitrogen and oxygen atoms in total. The van der Waals surface area contributed by atoms with Crippen molar-refractivity contribution in [3.05, 3.63) is 59.2 Å².